The Morgan fingerprint density at radius 2 is 1.70 bits per heavy atom. The fourth-order valence-corrected chi connectivity index (χ4v) is 3.05. The van der Waals surface area contributed by atoms with Crippen molar-refractivity contribution < 1.29 is 4.74 Å². The average molecular weight is 275 g/mol. The molecule has 0 radical (unpaired) electrons. The molecule has 1 aromatic carbocycles. The first-order valence-electron chi connectivity index (χ1n) is 8.18. The summed E-state index contributed by atoms with van der Waals surface area (Å²) in [5.41, 5.74) is 2.56. The van der Waals surface area contributed by atoms with E-state index in [0.717, 1.165) is 24.8 Å². The summed E-state index contributed by atoms with van der Waals surface area (Å²) in [4.78, 5) is 0. The van der Waals surface area contributed by atoms with Gasteiger partial charge in [-0.3, -0.25) is 0 Å². The molecule has 20 heavy (non-hydrogen) atoms. The van der Waals surface area contributed by atoms with Crippen molar-refractivity contribution >= 4 is 0 Å². The van der Waals surface area contributed by atoms with E-state index in [-0.39, 0.29) is 0 Å². The van der Waals surface area contributed by atoms with Crippen LogP contribution >= 0.6 is 0 Å². The Morgan fingerprint density at radius 1 is 1.00 bits per heavy atom. The first-order chi connectivity index (χ1) is 9.74. The number of rotatable bonds is 8. The highest BCUT2D eigenvalue weighted by Crippen LogP contribution is 2.18. The Hall–Kier alpha value is -1.02. The van der Waals surface area contributed by atoms with E-state index in [1.54, 1.807) is 0 Å². The largest absolute Gasteiger partial charge is 0.494 e. The van der Waals surface area contributed by atoms with Gasteiger partial charge >= 0.3 is 0 Å². The Morgan fingerprint density at radius 3 is 2.40 bits per heavy atom. The lowest BCUT2D eigenvalue weighted by Crippen LogP contribution is -2.26. The molecule has 1 N–H and O–H groups in total. The number of hydrogen-bond acceptors (Lipinski definition) is 2. The second-order valence-corrected chi connectivity index (χ2v) is 6.17. The molecule has 1 fully saturated rings. The molecule has 0 unspecified atom stereocenters. The summed E-state index contributed by atoms with van der Waals surface area (Å²) < 4.78 is 5.83. The number of benzene rings is 1. The van der Waals surface area contributed by atoms with Crippen LogP contribution in [-0.2, 0) is 0 Å². The number of aryl methyl sites for hydroxylation is 2. The Labute approximate surface area is 123 Å². The number of nitrogens with one attached hydrogen (secondary N) is 1. The van der Waals surface area contributed by atoms with Crippen molar-refractivity contribution in [3.8, 4) is 5.75 Å². The van der Waals surface area contributed by atoms with E-state index in [4.69, 9.17) is 4.74 Å². The van der Waals surface area contributed by atoms with Gasteiger partial charge in [0, 0.05) is 6.04 Å². The molecule has 112 valence electrons. The average Bonchev–Trinajstić information content (AvgIpc) is 2.89. The van der Waals surface area contributed by atoms with Crippen LogP contribution in [0.15, 0.2) is 18.2 Å². The van der Waals surface area contributed by atoms with Crippen molar-refractivity contribution in [1.29, 1.82) is 0 Å². The van der Waals surface area contributed by atoms with Crippen LogP contribution in [0, 0.1) is 13.8 Å². The van der Waals surface area contributed by atoms with Gasteiger partial charge < -0.3 is 10.1 Å². The van der Waals surface area contributed by atoms with Gasteiger partial charge in [-0.25, -0.2) is 0 Å². The van der Waals surface area contributed by atoms with Crippen LogP contribution in [0.4, 0.5) is 0 Å². The monoisotopic (exact) mass is 275 g/mol. The van der Waals surface area contributed by atoms with Crippen LogP contribution in [0.3, 0.4) is 0 Å². The van der Waals surface area contributed by atoms with Crippen molar-refractivity contribution in [3.63, 3.8) is 0 Å². The molecule has 1 saturated carbocycles. The molecule has 0 heterocycles. The third-order valence-electron chi connectivity index (χ3n) is 4.07. The molecule has 2 nitrogen and oxygen atoms in total. The summed E-state index contributed by atoms with van der Waals surface area (Å²) in [7, 11) is 0. The van der Waals surface area contributed by atoms with Crippen LogP contribution in [0.2, 0.25) is 0 Å². The molecule has 1 aliphatic rings. The van der Waals surface area contributed by atoms with Gasteiger partial charge in [0.15, 0.2) is 0 Å². The zero-order valence-corrected chi connectivity index (χ0v) is 13.1. The van der Waals surface area contributed by atoms with Crippen LogP contribution in [0.1, 0.15) is 56.1 Å². The molecular formula is C18H29NO. The smallest absolute Gasteiger partial charge is 0.119 e. The van der Waals surface area contributed by atoms with E-state index in [2.05, 4.69) is 37.4 Å². The highest BCUT2D eigenvalue weighted by molar-refractivity contribution is 5.32. The number of ether oxygens (including phenoxy) is 1. The summed E-state index contributed by atoms with van der Waals surface area (Å²) in [6, 6.07) is 7.23. The molecule has 2 heteroatoms. The van der Waals surface area contributed by atoms with E-state index in [1.807, 2.05) is 0 Å². The van der Waals surface area contributed by atoms with E-state index in [1.165, 1.54) is 56.2 Å². The third kappa shape index (κ3) is 5.54. The maximum Gasteiger partial charge on any atom is 0.119 e. The molecule has 0 bridgehead atoms. The molecule has 1 aromatic rings. The van der Waals surface area contributed by atoms with Crippen molar-refractivity contribution in [1.82, 2.24) is 5.32 Å². The topological polar surface area (TPSA) is 21.3 Å². The van der Waals surface area contributed by atoms with E-state index >= 15 is 0 Å². The van der Waals surface area contributed by atoms with Gasteiger partial charge in [-0.15, -0.1) is 0 Å². The maximum atomic E-state index is 5.83. The van der Waals surface area contributed by atoms with Crippen molar-refractivity contribution in [3.05, 3.63) is 29.3 Å². The second kappa shape index (κ2) is 8.31. The molecule has 1 aliphatic carbocycles. The second-order valence-electron chi connectivity index (χ2n) is 6.17. The van der Waals surface area contributed by atoms with Crippen LogP contribution in [0.25, 0.3) is 0 Å². The lowest BCUT2D eigenvalue weighted by Gasteiger charge is -2.11. The molecule has 0 spiro atoms. The summed E-state index contributed by atoms with van der Waals surface area (Å²) in [5.74, 6) is 1.02. The van der Waals surface area contributed by atoms with Gasteiger partial charge in [-0.05, 0) is 75.8 Å². The zero-order valence-electron chi connectivity index (χ0n) is 13.1. The molecule has 0 aromatic heterocycles. The van der Waals surface area contributed by atoms with Crippen LogP contribution < -0.4 is 10.1 Å². The normalized spacial score (nSPS) is 15.7. The Kier molecular flexibility index (Phi) is 6.38. The summed E-state index contributed by atoms with van der Waals surface area (Å²) >= 11 is 0. The Balaban J connectivity index is 1.50. The highest BCUT2D eigenvalue weighted by atomic mass is 16.5. The quantitative estimate of drug-likeness (QED) is 0.711. The van der Waals surface area contributed by atoms with Crippen molar-refractivity contribution in [2.75, 3.05) is 13.2 Å². The molecule has 0 amide bonds. The van der Waals surface area contributed by atoms with Gasteiger partial charge in [0.1, 0.15) is 5.75 Å². The minimum atomic E-state index is 0.807. The number of hydrogen-bond donors (Lipinski definition) is 1. The first kappa shape index (κ1) is 15.4. The number of unbranched alkanes of at least 4 members (excludes halogenated alkanes) is 2. The van der Waals surface area contributed by atoms with Gasteiger partial charge in [-0.1, -0.05) is 18.9 Å². The molecule has 0 saturated heterocycles. The van der Waals surface area contributed by atoms with Gasteiger partial charge in [0.05, 0.1) is 6.61 Å². The van der Waals surface area contributed by atoms with Crippen molar-refractivity contribution in [2.24, 2.45) is 0 Å². The lowest BCUT2D eigenvalue weighted by atomic mass is 10.1. The molecule has 0 atom stereocenters. The predicted octanol–water partition coefficient (Wildman–Crippen LogP) is 4.38. The Bertz CT molecular complexity index is 376. The van der Waals surface area contributed by atoms with E-state index in [0.29, 0.717) is 0 Å². The van der Waals surface area contributed by atoms with Gasteiger partial charge in [0.25, 0.3) is 0 Å². The summed E-state index contributed by atoms with van der Waals surface area (Å²) in [6.45, 7) is 6.25. The molecule has 0 aliphatic heterocycles. The van der Waals surface area contributed by atoms with Crippen LogP contribution in [-0.4, -0.2) is 19.2 Å². The van der Waals surface area contributed by atoms with Gasteiger partial charge in [-0.2, -0.15) is 0 Å². The highest BCUT2D eigenvalue weighted by Gasteiger charge is 2.12. The lowest BCUT2D eigenvalue weighted by molar-refractivity contribution is 0.304. The summed E-state index contributed by atoms with van der Waals surface area (Å²) in [6.07, 6.45) is 9.28. The predicted molar refractivity (Wildman–Crippen MR) is 85.5 cm³/mol. The standard InChI is InChI=1S/C18H29NO/c1-15-12-16(2)14-18(13-15)20-11-7-3-6-10-19-17-8-4-5-9-17/h12-14,17,19H,3-11H2,1-2H3. The maximum absolute atomic E-state index is 5.83. The van der Waals surface area contributed by atoms with E-state index < -0.39 is 0 Å². The summed E-state index contributed by atoms with van der Waals surface area (Å²) in [5, 5.41) is 3.66. The molecular weight excluding hydrogens is 246 g/mol. The fourth-order valence-electron chi connectivity index (χ4n) is 3.05. The van der Waals surface area contributed by atoms with E-state index in [9.17, 15) is 0 Å². The SMILES string of the molecule is Cc1cc(C)cc(OCCCCCNC2CCCC2)c1. The minimum Gasteiger partial charge on any atom is -0.494 e. The zero-order chi connectivity index (χ0) is 14.2. The fraction of sp³-hybridized carbons (Fsp3) is 0.667. The third-order valence-corrected chi connectivity index (χ3v) is 4.07. The van der Waals surface area contributed by atoms with Gasteiger partial charge in [0.2, 0.25) is 0 Å². The van der Waals surface area contributed by atoms with Crippen molar-refractivity contribution in [2.45, 2.75) is 64.8 Å². The first-order valence-corrected chi connectivity index (χ1v) is 8.18. The molecule has 2 rings (SSSR count). The van der Waals surface area contributed by atoms with Crippen LogP contribution in [0.5, 0.6) is 5.75 Å². The minimum absolute atomic E-state index is 0.807.